The molecular weight excluding hydrogens is 859 g/mol. The van der Waals surface area contributed by atoms with Crippen LogP contribution in [0, 0.1) is 13.8 Å². The highest BCUT2D eigenvalue weighted by molar-refractivity contribution is 6.55. The largest absolute Gasteiger partial charge is 0.507 e. The van der Waals surface area contributed by atoms with E-state index in [1.165, 1.54) is 9.80 Å². The van der Waals surface area contributed by atoms with Gasteiger partial charge in [-0.05, 0) is 84.0 Å². The monoisotopic (exact) mass is 900 g/mol. The number of aryl methyl sites for hydroxylation is 2. The Balaban J connectivity index is 1.37. The molecule has 6 aromatic rings. The van der Waals surface area contributed by atoms with Crippen molar-refractivity contribution in [2.45, 2.75) is 53.4 Å². The molecule has 326 valence electrons. The molecule has 0 aromatic heterocycles. The van der Waals surface area contributed by atoms with Crippen LogP contribution in [0.15, 0.2) is 68.9 Å². The normalized spacial score (nSPS) is 15.3. The fourth-order valence-corrected chi connectivity index (χ4v) is 9.20. The van der Waals surface area contributed by atoms with Gasteiger partial charge in [-0.2, -0.15) is 10.2 Å². The van der Waals surface area contributed by atoms with Crippen LogP contribution in [0.5, 0.6) is 34.5 Å². The number of anilines is 2. The molecule has 8 rings (SSSR count). The number of hydrogen-bond donors (Lipinski definition) is 6. The standard InChI is InChI=1S/C48H42Cl2N6O8/c1-19(2)33-27-13-21(5)35(43(59)37(27)29(41(57)45(33)61)17-51-53-39-25-15-23(49)9-11-31(25)55(7)47(39)63)36-22(6)14-28-34(20(3)4)46(62)42(58)30(38(28)44(36)60)18-52-54-40-26-16-24(50)10-12-32(26)56(8)48(40)64/h9-20,57-62H,1-8H3/b51-17+,52-18+,53-39-,54-40+. The molecule has 14 nitrogen and oxygen atoms in total. The topological polar surface area (TPSA) is 211 Å². The van der Waals surface area contributed by atoms with Crippen LogP contribution < -0.4 is 9.80 Å². The van der Waals surface area contributed by atoms with Crippen molar-refractivity contribution in [2.75, 3.05) is 23.9 Å². The summed E-state index contributed by atoms with van der Waals surface area (Å²) in [7, 11) is 3.17. The number of carbonyl (C=O) groups excluding carboxylic acids is 2. The lowest BCUT2D eigenvalue weighted by Gasteiger charge is -2.23. The van der Waals surface area contributed by atoms with E-state index in [4.69, 9.17) is 23.2 Å². The number of likely N-dealkylation sites (N-methyl/N-ethyl adjacent to an activating group) is 2. The molecule has 0 saturated carbocycles. The molecule has 2 aliphatic rings. The maximum atomic E-state index is 13.2. The van der Waals surface area contributed by atoms with E-state index < -0.39 is 46.3 Å². The van der Waals surface area contributed by atoms with Crippen LogP contribution >= 0.6 is 23.2 Å². The minimum absolute atomic E-state index is 0.0160. The molecule has 6 aromatic carbocycles. The number of rotatable bonds is 7. The molecular formula is C48H42Cl2N6O8. The molecule has 0 unspecified atom stereocenters. The highest BCUT2D eigenvalue weighted by Gasteiger charge is 2.34. The van der Waals surface area contributed by atoms with E-state index in [1.54, 1.807) is 76.5 Å². The Kier molecular flexibility index (Phi) is 10.8. The zero-order chi connectivity index (χ0) is 46.4. The number of halogens is 2. The summed E-state index contributed by atoms with van der Waals surface area (Å²) in [6.07, 6.45) is 2.25. The average molecular weight is 902 g/mol. The predicted octanol–water partition coefficient (Wildman–Crippen LogP) is 9.66. The van der Waals surface area contributed by atoms with Crippen molar-refractivity contribution in [3.8, 4) is 45.6 Å². The highest BCUT2D eigenvalue weighted by Crippen LogP contribution is 2.54. The van der Waals surface area contributed by atoms with Gasteiger partial charge in [0.2, 0.25) is 0 Å². The Morgan fingerprint density at radius 1 is 0.547 bits per heavy atom. The van der Waals surface area contributed by atoms with Crippen LogP contribution in [0.1, 0.15) is 84.0 Å². The molecule has 16 heteroatoms. The maximum absolute atomic E-state index is 13.2. The number of carbonyl (C=O) groups is 2. The summed E-state index contributed by atoms with van der Waals surface area (Å²) in [5, 5.41) is 89.4. The van der Waals surface area contributed by atoms with Crippen molar-refractivity contribution in [2.24, 2.45) is 20.4 Å². The fourth-order valence-electron chi connectivity index (χ4n) is 8.85. The first kappa shape index (κ1) is 43.5. The number of nitrogens with zero attached hydrogens (tertiary/aromatic N) is 6. The molecule has 0 aliphatic carbocycles. The van der Waals surface area contributed by atoms with Crippen LogP contribution in [-0.2, 0) is 9.59 Å². The van der Waals surface area contributed by atoms with Gasteiger partial charge in [0.05, 0.1) is 34.9 Å². The number of fused-ring (bicyclic) bond motifs is 4. The van der Waals surface area contributed by atoms with E-state index in [9.17, 15) is 40.2 Å². The summed E-state index contributed by atoms with van der Waals surface area (Å²) >= 11 is 12.5. The van der Waals surface area contributed by atoms with Crippen molar-refractivity contribution >= 4 is 91.8 Å². The molecule has 0 bridgehead atoms. The summed E-state index contributed by atoms with van der Waals surface area (Å²) in [6.45, 7) is 10.7. The summed E-state index contributed by atoms with van der Waals surface area (Å²) in [4.78, 5) is 29.2. The van der Waals surface area contributed by atoms with Crippen LogP contribution in [0.2, 0.25) is 10.0 Å². The molecule has 2 aliphatic heterocycles. The Hall–Kier alpha value is -7.16. The lowest BCUT2D eigenvalue weighted by molar-refractivity contribution is -0.112. The van der Waals surface area contributed by atoms with Crippen molar-refractivity contribution in [3.63, 3.8) is 0 Å². The van der Waals surface area contributed by atoms with Crippen LogP contribution in [-0.4, -0.2) is 80.4 Å². The molecule has 0 spiro atoms. The minimum Gasteiger partial charge on any atom is -0.507 e. The summed E-state index contributed by atoms with van der Waals surface area (Å²) in [6, 6.07) is 13.3. The lowest BCUT2D eigenvalue weighted by atomic mass is 9.83. The van der Waals surface area contributed by atoms with E-state index in [-0.39, 0.29) is 56.3 Å². The smallest absolute Gasteiger partial charge is 0.279 e. The second-order valence-corrected chi connectivity index (χ2v) is 17.3. The first-order chi connectivity index (χ1) is 30.3. The van der Waals surface area contributed by atoms with Crippen molar-refractivity contribution in [3.05, 3.63) is 103 Å². The maximum Gasteiger partial charge on any atom is 0.279 e. The molecule has 6 N–H and O–H groups in total. The Morgan fingerprint density at radius 2 is 0.906 bits per heavy atom. The summed E-state index contributed by atoms with van der Waals surface area (Å²) < 4.78 is 0. The molecule has 2 amide bonds. The number of aromatic hydroxyl groups is 6. The van der Waals surface area contributed by atoms with Gasteiger partial charge in [0.25, 0.3) is 11.8 Å². The second-order valence-electron chi connectivity index (χ2n) is 16.5. The Labute approximate surface area is 377 Å². The van der Waals surface area contributed by atoms with Gasteiger partial charge in [-0.1, -0.05) is 63.0 Å². The Morgan fingerprint density at radius 3 is 1.25 bits per heavy atom. The van der Waals surface area contributed by atoms with E-state index >= 15 is 0 Å². The molecule has 0 fully saturated rings. The van der Waals surface area contributed by atoms with Crippen molar-refractivity contribution in [1.29, 1.82) is 0 Å². The van der Waals surface area contributed by atoms with E-state index in [0.29, 0.717) is 65.6 Å². The first-order valence-corrected chi connectivity index (χ1v) is 20.9. The third kappa shape index (κ3) is 6.63. The van der Waals surface area contributed by atoms with Gasteiger partial charge in [0.15, 0.2) is 34.4 Å². The van der Waals surface area contributed by atoms with E-state index in [1.807, 2.05) is 27.7 Å². The van der Waals surface area contributed by atoms with Gasteiger partial charge in [0.1, 0.15) is 11.5 Å². The van der Waals surface area contributed by atoms with Crippen molar-refractivity contribution < 1.29 is 40.2 Å². The molecule has 2 heterocycles. The number of hydrogen-bond acceptors (Lipinski definition) is 12. The van der Waals surface area contributed by atoms with Crippen LogP contribution in [0.3, 0.4) is 0 Å². The van der Waals surface area contributed by atoms with Gasteiger partial charge in [-0.25, -0.2) is 0 Å². The van der Waals surface area contributed by atoms with Gasteiger partial charge < -0.3 is 40.4 Å². The predicted molar refractivity (Wildman–Crippen MR) is 253 cm³/mol. The van der Waals surface area contributed by atoms with Gasteiger partial charge in [-0.3, -0.25) is 9.59 Å². The molecule has 64 heavy (non-hydrogen) atoms. The number of amides is 2. The first-order valence-electron chi connectivity index (χ1n) is 20.1. The number of benzene rings is 6. The van der Waals surface area contributed by atoms with E-state index in [2.05, 4.69) is 20.4 Å². The van der Waals surface area contributed by atoms with Gasteiger partial charge in [-0.15, -0.1) is 10.2 Å². The second kappa shape index (κ2) is 15.9. The molecule has 0 saturated heterocycles. The summed E-state index contributed by atoms with van der Waals surface area (Å²) in [5.41, 5.74) is 3.58. The lowest BCUT2D eigenvalue weighted by Crippen LogP contribution is -2.25. The number of phenolic OH excluding ortho intramolecular Hbond substituents is 6. The molecule has 0 radical (unpaired) electrons. The average Bonchev–Trinajstić information content (AvgIpc) is 3.60. The number of phenols is 6. The Bertz CT molecular complexity index is 3000. The fraction of sp³-hybridized carbons (Fsp3) is 0.208. The third-order valence-electron chi connectivity index (χ3n) is 11.8. The van der Waals surface area contributed by atoms with Crippen LogP contribution in [0.25, 0.3) is 32.7 Å². The quantitative estimate of drug-likeness (QED) is 0.0515. The summed E-state index contributed by atoms with van der Waals surface area (Å²) in [5.74, 6) is -4.50. The van der Waals surface area contributed by atoms with Gasteiger partial charge in [0, 0.05) is 68.3 Å². The third-order valence-corrected chi connectivity index (χ3v) is 12.3. The van der Waals surface area contributed by atoms with Crippen molar-refractivity contribution in [1.82, 2.24) is 0 Å². The minimum atomic E-state index is -0.609. The zero-order valence-corrected chi connectivity index (χ0v) is 37.4. The molecule has 0 atom stereocenters. The van der Waals surface area contributed by atoms with Gasteiger partial charge >= 0.3 is 0 Å². The SMILES string of the molecule is Cc1cc2c(C(C)C)c(O)c(O)c(/C=N/N=C3\C(=O)N(C)c4ccc(Cl)cc43)c2c(O)c1-c1c(C)cc2c(C(C)C)c(O)c(O)c(/C=N/N=C3/C(=O)N(C)c4ccc(Cl)cc43)c2c1O. The zero-order valence-electron chi connectivity index (χ0n) is 35.9. The van der Waals surface area contributed by atoms with Crippen LogP contribution in [0.4, 0.5) is 11.4 Å². The highest BCUT2D eigenvalue weighted by atomic mass is 35.5. The van der Waals surface area contributed by atoms with E-state index in [0.717, 1.165) is 12.4 Å².